The van der Waals surface area contributed by atoms with Crippen LogP contribution < -0.4 is 5.56 Å². The molecule has 0 bridgehead atoms. The average molecular weight is 288 g/mol. The maximum absolute atomic E-state index is 11.7. The molecule has 1 aromatic carbocycles. The number of nitrogens with zero attached hydrogens (tertiary/aromatic N) is 2. The number of fused-ring (bicyclic) bond motifs is 1. The van der Waals surface area contributed by atoms with Gasteiger partial charge in [-0.3, -0.25) is 4.79 Å². The number of aromatic amines is 1. The Morgan fingerprint density at radius 3 is 2.75 bits per heavy atom. The standard InChI is InChI=1S/C15H14ClN3O/c1-8-7-13(20)17-15-14(8)10(3)18-19(15)12-6-4-5-11(16)9(12)2/h4-7H,1-3H3,(H,17,20). The molecule has 3 rings (SSSR count). The molecule has 0 aliphatic carbocycles. The molecule has 0 aliphatic heterocycles. The molecular formula is C15H14ClN3O. The monoisotopic (exact) mass is 287 g/mol. The van der Waals surface area contributed by atoms with E-state index in [1.54, 1.807) is 10.7 Å². The molecule has 2 aromatic heterocycles. The highest BCUT2D eigenvalue weighted by Gasteiger charge is 2.14. The van der Waals surface area contributed by atoms with Crippen LogP contribution in [0.5, 0.6) is 0 Å². The van der Waals surface area contributed by atoms with E-state index in [1.807, 2.05) is 39.0 Å². The number of aryl methyl sites for hydroxylation is 2. The minimum absolute atomic E-state index is 0.129. The van der Waals surface area contributed by atoms with Gasteiger partial charge in [0.25, 0.3) is 0 Å². The molecule has 2 heterocycles. The molecular weight excluding hydrogens is 274 g/mol. The molecule has 102 valence electrons. The van der Waals surface area contributed by atoms with Gasteiger partial charge in [-0.1, -0.05) is 17.7 Å². The van der Waals surface area contributed by atoms with Crippen molar-refractivity contribution >= 4 is 22.6 Å². The Morgan fingerprint density at radius 2 is 2.00 bits per heavy atom. The number of aromatic nitrogens is 3. The first-order valence-corrected chi connectivity index (χ1v) is 6.71. The SMILES string of the molecule is Cc1c(Cl)cccc1-n1nc(C)c2c(C)cc(=O)[nH]c21. The normalized spacial score (nSPS) is 11.2. The number of H-pyrrole nitrogens is 1. The zero-order chi connectivity index (χ0) is 14.4. The lowest BCUT2D eigenvalue weighted by atomic mass is 10.1. The molecule has 0 aliphatic rings. The quantitative estimate of drug-likeness (QED) is 0.746. The van der Waals surface area contributed by atoms with Gasteiger partial charge in [0.1, 0.15) is 5.65 Å². The van der Waals surface area contributed by atoms with Gasteiger partial charge in [0, 0.05) is 16.5 Å². The fourth-order valence-electron chi connectivity index (χ4n) is 2.54. The summed E-state index contributed by atoms with van der Waals surface area (Å²) in [7, 11) is 0. The summed E-state index contributed by atoms with van der Waals surface area (Å²) in [6, 6.07) is 7.24. The number of rotatable bonds is 1. The summed E-state index contributed by atoms with van der Waals surface area (Å²) < 4.78 is 1.75. The van der Waals surface area contributed by atoms with Crippen molar-refractivity contribution in [3.8, 4) is 5.69 Å². The highest BCUT2D eigenvalue weighted by molar-refractivity contribution is 6.31. The van der Waals surface area contributed by atoms with Crippen molar-refractivity contribution in [2.45, 2.75) is 20.8 Å². The molecule has 20 heavy (non-hydrogen) atoms. The Bertz CT molecular complexity index is 877. The van der Waals surface area contributed by atoms with Crippen LogP contribution in [0.25, 0.3) is 16.7 Å². The third-order valence-electron chi connectivity index (χ3n) is 3.51. The number of hydrogen-bond donors (Lipinski definition) is 1. The number of hydrogen-bond acceptors (Lipinski definition) is 2. The minimum atomic E-state index is -0.129. The first kappa shape index (κ1) is 12.9. The molecule has 0 unspecified atom stereocenters. The van der Waals surface area contributed by atoms with Gasteiger partial charge in [-0.15, -0.1) is 0 Å². The molecule has 4 nitrogen and oxygen atoms in total. The van der Waals surface area contributed by atoms with Crippen LogP contribution in [0.2, 0.25) is 5.02 Å². The van der Waals surface area contributed by atoms with E-state index in [-0.39, 0.29) is 5.56 Å². The van der Waals surface area contributed by atoms with Crippen molar-refractivity contribution in [3.63, 3.8) is 0 Å². The molecule has 0 saturated heterocycles. The Hall–Kier alpha value is -2.07. The Morgan fingerprint density at radius 1 is 1.25 bits per heavy atom. The predicted octanol–water partition coefficient (Wildman–Crippen LogP) is 3.29. The van der Waals surface area contributed by atoms with Crippen LogP contribution in [-0.2, 0) is 0 Å². The zero-order valence-corrected chi connectivity index (χ0v) is 12.2. The maximum Gasteiger partial charge on any atom is 0.249 e. The van der Waals surface area contributed by atoms with Crippen LogP contribution in [0.3, 0.4) is 0 Å². The Labute approximate surface area is 121 Å². The lowest BCUT2D eigenvalue weighted by Gasteiger charge is -2.08. The van der Waals surface area contributed by atoms with Gasteiger partial charge in [0.05, 0.1) is 11.4 Å². The van der Waals surface area contributed by atoms with Crippen LogP contribution in [0.15, 0.2) is 29.1 Å². The molecule has 5 heteroatoms. The van der Waals surface area contributed by atoms with Gasteiger partial charge in [-0.25, -0.2) is 4.68 Å². The van der Waals surface area contributed by atoms with E-state index in [9.17, 15) is 4.79 Å². The van der Waals surface area contributed by atoms with Crippen LogP contribution in [0.4, 0.5) is 0 Å². The summed E-state index contributed by atoms with van der Waals surface area (Å²) in [5.74, 6) is 0. The van der Waals surface area contributed by atoms with E-state index in [2.05, 4.69) is 10.1 Å². The second-order valence-corrected chi connectivity index (χ2v) is 5.33. The van der Waals surface area contributed by atoms with E-state index in [4.69, 9.17) is 11.6 Å². The molecule has 0 amide bonds. The highest BCUT2D eigenvalue weighted by atomic mass is 35.5. The first-order valence-electron chi connectivity index (χ1n) is 6.34. The second kappa shape index (κ2) is 4.49. The summed E-state index contributed by atoms with van der Waals surface area (Å²) >= 11 is 6.17. The average Bonchev–Trinajstić information content (AvgIpc) is 2.70. The number of benzene rings is 1. The third kappa shape index (κ3) is 1.84. The molecule has 3 aromatic rings. The molecule has 1 N–H and O–H groups in total. The Kier molecular flexibility index (Phi) is 2.91. The van der Waals surface area contributed by atoms with Crippen LogP contribution in [-0.4, -0.2) is 14.8 Å². The summed E-state index contributed by atoms with van der Waals surface area (Å²) in [4.78, 5) is 14.6. The summed E-state index contributed by atoms with van der Waals surface area (Å²) in [6.07, 6.45) is 0. The topological polar surface area (TPSA) is 50.7 Å². The number of pyridine rings is 1. The molecule has 0 saturated carbocycles. The maximum atomic E-state index is 11.7. The van der Waals surface area contributed by atoms with Gasteiger partial charge >= 0.3 is 0 Å². The van der Waals surface area contributed by atoms with E-state index in [1.165, 1.54) is 0 Å². The lowest BCUT2D eigenvalue weighted by molar-refractivity contribution is 0.869. The summed E-state index contributed by atoms with van der Waals surface area (Å²) in [5, 5.41) is 6.21. The molecule has 0 spiro atoms. The molecule has 0 atom stereocenters. The third-order valence-corrected chi connectivity index (χ3v) is 3.92. The summed E-state index contributed by atoms with van der Waals surface area (Å²) in [5.41, 5.74) is 4.19. The number of halogens is 1. The fourth-order valence-corrected chi connectivity index (χ4v) is 2.71. The van der Waals surface area contributed by atoms with Crippen molar-refractivity contribution in [2.75, 3.05) is 0 Å². The van der Waals surface area contributed by atoms with E-state index in [0.29, 0.717) is 10.7 Å². The van der Waals surface area contributed by atoms with Gasteiger partial charge in [0.15, 0.2) is 0 Å². The molecule has 0 radical (unpaired) electrons. The van der Waals surface area contributed by atoms with Gasteiger partial charge < -0.3 is 4.98 Å². The van der Waals surface area contributed by atoms with Gasteiger partial charge in [-0.05, 0) is 44.0 Å². The van der Waals surface area contributed by atoms with Crippen LogP contribution >= 0.6 is 11.6 Å². The first-order chi connectivity index (χ1) is 9.49. The zero-order valence-electron chi connectivity index (χ0n) is 11.5. The van der Waals surface area contributed by atoms with Crippen molar-refractivity contribution in [3.05, 3.63) is 56.5 Å². The van der Waals surface area contributed by atoms with E-state index in [0.717, 1.165) is 27.9 Å². The van der Waals surface area contributed by atoms with Crippen molar-refractivity contribution in [1.82, 2.24) is 14.8 Å². The number of nitrogens with one attached hydrogen (secondary N) is 1. The highest BCUT2D eigenvalue weighted by Crippen LogP contribution is 2.26. The smallest absolute Gasteiger partial charge is 0.249 e. The van der Waals surface area contributed by atoms with E-state index < -0.39 is 0 Å². The molecule has 0 fully saturated rings. The van der Waals surface area contributed by atoms with Gasteiger partial charge in [0.2, 0.25) is 5.56 Å². The van der Waals surface area contributed by atoms with E-state index >= 15 is 0 Å². The Balaban J connectivity index is 2.44. The van der Waals surface area contributed by atoms with Crippen molar-refractivity contribution < 1.29 is 0 Å². The predicted molar refractivity (Wildman–Crippen MR) is 80.9 cm³/mol. The summed E-state index contributed by atoms with van der Waals surface area (Å²) in [6.45, 7) is 5.79. The fraction of sp³-hybridized carbons (Fsp3) is 0.200. The van der Waals surface area contributed by atoms with Crippen molar-refractivity contribution in [2.24, 2.45) is 0 Å². The minimum Gasteiger partial charge on any atom is -0.306 e. The van der Waals surface area contributed by atoms with Crippen LogP contribution in [0.1, 0.15) is 16.8 Å². The van der Waals surface area contributed by atoms with Gasteiger partial charge in [-0.2, -0.15) is 5.10 Å². The van der Waals surface area contributed by atoms with Crippen LogP contribution in [0, 0.1) is 20.8 Å². The second-order valence-electron chi connectivity index (χ2n) is 4.92. The largest absolute Gasteiger partial charge is 0.306 e. The lowest BCUT2D eigenvalue weighted by Crippen LogP contribution is -2.08. The van der Waals surface area contributed by atoms with Crippen molar-refractivity contribution in [1.29, 1.82) is 0 Å².